The minimum Gasteiger partial charge on any atom is -0.400 e. The molecule has 0 unspecified atom stereocenters. The van der Waals surface area contributed by atoms with Gasteiger partial charge in [-0.15, -0.1) is 0 Å². The predicted octanol–water partition coefficient (Wildman–Crippen LogP) is 4.21. The number of halogens is 2. The second-order valence-corrected chi connectivity index (χ2v) is 11.7. The third kappa shape index (κ3) is 5.60. The van der Waals surface area contributed by atoms with Gasteiger partial charge in [-0.2, -0.15) is 5.10 Å². The smallest absolute Gasteiger partial charge is 0.274 e. The van der Waals surface area contributed by atoms with Crippen molar-refractivity contribution in [2.45, 2.75) is 52.0 Å². The van der Waals surface area contributed by atoms with E-state index in [1.165, 1.54) is 12.1 Å². The molecular formula is C29H35ClFN5O4. The van der Waals surface area contributed by atoms with Crippen LogP contribution in [0.3, 0.4) is 0 Å². The number of aliphatic hydroxyl groups excluding tert-OH is 1. The van der Waals surface area contributed by atoms with Gasteiger partial charge in [-0.3, -0.25) is 9.59 Å². The topological polar surface area (TPSA) is 108 Å². The Bertz CT molecular complexity index is 1430. The lowest BCUT2D eigenvalue weighted by Crippen LogP contribution is -2.63. The van der Waals surface area contributed by atoms with Crippen LogP contribution in [-0.4, -0.2) is 79.9 Å². The Morgan fingerprint density at radius 3 is 2.48 bits per heavy atom. The molecule has 2 aromatic heterocycles. The molecule has 2 fully saturated rings. The average Bonchev–Trinajstić information content (AvgIpc) is 3.33. The monoisotopic (exact) mass is 571 g/mol. The van der Waals surface area contributed by atoms with Crippen molar-refractivity contribution in [2.75, 3.05) is 26.7 Å². The van der Waals surface area contributed by atoms with E-state index in [0.29, 0.717) is 49.4 Å². The maximum Gasteiger partial charge on any atom is 0.274 e. The lowest BCUT2D eigenvalue weighted by molar-refractivity contribution is -0.144. The quantitative estimate of drug-likeness (QED) is 0.460. The van der Waals surface area contributed by atoms with E-state index < -0.39 is 11.4 Å². The van der Waals surface area contributed by atoms with Crippen LogP contribution in [0.1, 0.15) is 62.5 Å². The summed E-state index contributed by atoms with van der Waals surface area (Å²) >= 11 is 6.00. The fraction of sp³-hybridized carbons (Fsp3) is 0.483. The number of fused-ring (bicyclic) bond motifs is 1. The lowest BCUT2D eigenvalue weighted by Gasteiger charge is -2.48. The second-order valence-electron chi connectivity index (χ2n) is 11.3. The lowest BCUT2D eigenvalue weighted by atomic mass is 9.75. The molecule has 1 N–H and O–H groups in total. The van der Waals surface area contributed by atoms with Gasteiger partial charge in [0.2, 0.25) is 5.91 Å². The highest BCUT2D eigenvalue weighted by molar-refractivity contribution is 6.31. The molecule has 0 atom stereocenters. The van der Waals surface area contributed by atoms with E-state index in [2.05, 4.69) is 10.1 Å². The van der Waals surface area contributed by atoms with E-state index in [1.54, 1.807) is 21.7 Å². The molecule has 2 amide bonds. The minimum absolute atomic E-state index is 0.0118. The zero-order chi connectivity index (χ0) is 29.4. The molecule has 214 valence electrons. The normalized spacial score (nSPS) is 20.1. The van der Waals surface area contributed by atoms with E-state index in [1.807, 2.05) is 38.7 Å². The zero-order valence-electron chi connectivity index (χ0n) is 23.4. The van der Waals surface area contributed by atoms with Gasteiger partial charge in [0, 0.05) is 49.7 Å². The fourth-order valence-corrected chi connectivity index (χ4v) is 5.60. The number of carbonyl (C=O) groups excluding carboxylic acids is 3. The number of nitrogens with zero attached hydrogens (tertiary/aromatic N) is 5. The summed E-state index contributed by atoms with van der Waals surface area (Å²) in [5.74, 6) is -0.684. The number of aromatic nitrogens is 3. The number of benzene rings is 1. The molecule has 1 aromatic carbocycles. The molecule has 1 saturated heterocycles. The number of piperazine rings is 1. The Labute approximate surface area is 237 Å². The zero-order valence-corrected chi connectivity index (χ0v) is 24.2. The molecule has 1 aliphatic heterocycles. The molecule has 2 aliphatic rings. The summed E-state index contributed by atoms with van der Waals surface area (Å²) in [5, 5.41) is 11.7. The molecule has 40 heavy (non-hydrogen) atoms. The molecule has 3 heterocycles. The number of hydrogen-bond acceptors (Lipinski definition) is 6. The van der Waals surface area contributed by atoms with Crippen LogP contribution in [-0.2, 0) is 9.59 Å². The molecule has 0 spiro atoms. The van der Waals surface area contributed by atoms with Gasteiger partial charge in [0.05, 0.1) is 22.5 Å². The Morgan fingerprint density at radius 1 is 1.18 bits per heavy atom. The van der Waals surface area contributed by atoms with Crippen molar-refractivity contribution >= 4 is 35.3 Å². The summed E-state index contributed by atoms with van der Waals surface area (Å²) in [5.41, 5.74) is 2.42. The average molecular weight is 572 g/mol. The van der Waals surface area contributed by atoms with Gasteiger partial charge in [0.1, 0.15) is 17.8 Å². The minimum atomic E-state index is -0.598. The molecule has 1 aliphatic carbocycles. The van der Waals surface area contributed by atoms with Crippen molar-refractivity contribution in [1.82, 2.24) is 24.4 Å². The Morgan fingerprint density at radius 2 is 1.88 bits per heavy atom. The highest BCUT2D eigenvalue weighted by atomic mass is 35.5. The largest absolute Gasteiger partial charge is 0.400 e. The van der Waals surface area contributed by atoms with E-state index >= 15 is 0 Å². The van der Waals surface area contributed by atoms with Gasteiger partial charge in [-0.25, -0.2) is 13.9 Å². The Balaban J connectivity index is 0.00000181. The van der Waals surface area contributed by atoms with Crippen LogP contribution < -0.4 is 0 Å². The van der Waals surface area contributed by atoms with Gasteiger partial charge in [-0.05, 0) is 56.9 Å². The molecule has 0 bridgehead atoms. The van der Waals surface area contributed by atoms with E-state index in [9.17, 15) is 18.8 Å². The van der Waals surface area contributed by atoms with Crippen molar-refractivity contribution in [2.24, 2.45) is 11.8 Å². The number of aliphatic hydroxyl groups is 1. The highest BCUT2D eigenvalue weighted by Gasteiger charge is 2.43. The summed E-state index contributed by atoms with van der Waals surface area (Å²) in [6, 6.07) is 6.35. The van der Waals surface area contributed by atoms with Crippen molar-refractivity contribution in [3.05, 3.63) is 52.6 Å². The third-order valence-electron chi connectivity index (χ3n) is 7.69. The van der Waals surface area contributed by atoms with Crippen LogP contribution in [0.5, 0.6) is 0 Å². The first-order valence-corrected chi connectivity index (χ1v) is 13.7. The van der Waals surface area contributed by atoms with Crippen molar-refractivity contribution < 1.29 is 23.9 Å². The SMILES string of the molecule is CC(C)c1cc(-c2ccc(F)c(Cl)c2)nn2cc(C(=O)N3CCN(C(=O)C4CC(C=O)C4)CC3(C)C)nc12.CO. The molecule has 1 saturated carbocycles. The molecule has 3 aromatic rings. The third-order valence-corrected chi connectivity index (χ3v) is 7.98. The standard InChI is InChI=1S/C28H31ClFN5O3.CH4O/c1-16(2)20-12-23(18-5-6-22(30)21(29)11-18)32-35-13-24(31-25(20)35)27(38)34-8-7-33(15-28(34,3)4)26(37)19-9-17(10-19)14-36;1-2/h5-6,11-14,16-17,19H,7-10,15H2,1-4H3;2H,1H3. The maximum absolute atomic E-state index is 13.7. The summed E-state index contributed by atoms with van der Waals surface area (Å²) in [4.78, 5) is 45.8. The maximum atomic E-state index is 13.7. The van der Waals surface area contributed by atoms with Crippen LogP contribution in [0, 0.1) is 17.7 Å². The molecule has 9 nitrogen and oxygen atoms in total. The van der Waals surface area contributed by atoms with E-state index in [-0.39, 0.29) is 40.3 Å². The number of hydrogen-bond donors (Lipinski definition) is 1. The number of rotatable bonds is 5. The number of aldehydes is 1. The first-order valence-electron chi connectivity index (χ1n) is 13.3. The highest BCUT2D eigenvalue weighted by Crippen LogP contribution is 2.35. The number of imidazole rings is 1. The Kier molecular flexibility index (Phi) is 8.60. The first-order chi connectivity index (χ1) is 19.0. The number of carbonyl (C=O) groups is 3. The molecule has 5 rings (SSSR count). The van der Waals surface area contributed by atoms with Gasteiger partial charge in [0.25, 0.3) is 5.91 Å². The van der Waals surface area contributed by atoms with Crippen molar-refractivity contribution in [3.63, 3.8) is 0 Å². The van der Waals surface area contributed by atoms with Crippen molar-refractivity contribution in [3.8, 4) is 11.3 Å². The first kappa shape index (κ1) is 29.6. The molecule has 0 radical (unpaired) electrons. The summed E-state index contributed by atoms with van der Waals surface area (Å²) in [6.45, 7) is 9.20. The van der Waals surface area contributed by atoms with Crippen molar-refractivity contribution in [1.29, 1.82) is 0 Å². The van der Waals surface area contributed by atoms with E-state index in [0.717, 1.165) is 19.0 Å². The molecule has 11 heteroatoms. The second kappa shape index (κ2) is 11.6. The van der Waals surface area contributed by atoms with Crippen LogP contribution in [0.25, 0.3) is 16.9 Å². The molecular weight excluding hydrogens is 537 g/mol. The fourth-order valence-electron chi connectivity index (χ4n) is 5.42. The summed E-state index contributed by atoms with van der Waals surface area (Å²) in [6.07, 6.45) is 3.77. The van der Waals surface area contributed by atoms with Crippen LogP contribution >= 0.6 is 11.6 Å². The van der Waals surface area contributed by atoms with Gasteiger partial charge in [0.15, 0.2) is 5.65 Å². The van der Waals surface area contributed by atoms with Crippen LogP contribution in [0.2, 0.25) is 5.02 Å². The Hall–Kier alpha value is -3.37. The van der Waals surface area contributed by atoms with E-state index in [4.69, 9.17) is 16.7 Å². The van der Waals surface area contributed by atoms with Crippen LogP contribution in [0.4, 0.5) is 4.39 Å². The summed E-state index contributed by atoms with van der Waals surface area (Å²) in [7, 11) is 1.00. The van der Waals surface area contributed by atoms with Gasteiger partial charge in [-0.1, -0.05) is 25.4 Å². The van der Waals surface area contributed by atoms with Crippen LogP contribution in [0.15, 0.2) is 30.5 Å². The predicted molar refractivity (Wildman–Crippen MR) is 150 cm³/mol. The summed E-state index contributed by atoms with van der Waals surface area (Å²) < 4.78 is 15.3. The van der Waals surface area contributed by atoms with Gasteiger partial charge < -0.3 is 19.7 Å². The van der Waals surface area contributed by atoms with Gasteiger partial charge >= 0.3 is 0 Å². The number of amides is 2.